The molecule has 3 aromatic heterocycles. The number of nitrogens with one attached hydrogen (secondary N) is 2. The Bertz CT molecular complexity index is 1260. The molecular formula is C24H27FN6O3. The molecule has 1 atom stereocenters. The molecule has 10 heteroatoms. The van der Waals surface area contributed by atoms with Gasteiger partial charge in [-0.05, 0) is 26.0 Å². The van der Waals surface area contributed by atoms with Gasteiger partial charge in [0, 0.05) is 42.0 Å². The summed E-state index contributed by atoms with van der Waals surface area (Å²) in [5.74, 6) is 0.0266. The lowest BCUT2D eigenvalue weighted by molar-refractivity contribution is -0.0924. The molecule has 0 bridgehead atoms. The van der Waals surface area contributed by atoms with Crippen LogP contribution in [0.1, 0.15) is 36.7 Å². The van der Waals surface area contributed by atoms with Gasteiger partial charge < -0.3 is 20.5 Å². The number of alkyl halides is 1. The van der Waals surface area contributed by atoms with Crippen LogP contribution >= 0.6 is 0 Å². The van der Waals surface area contributed by atoms with Crippen molar-refractivity contribution in [3.8, 4) is 11.9 Å². The summed E-state index contributed by atoms with van der Waals surface area (Å²) in [6, 6.07) is 7.39. The van der Waals surface area contributed by atoms with Crippen LogP contribution in [0, 0.1) is 16.7 Å². The van der Waals surface area contributed by atoms with Crippen LogP contribution in [0.3, 0.4) is 0 Å². The SMILES string of the molecule is CC1(CNc2cc(-n3ccc4cc(C#N)cnc43)ncc2C(=O)NCC(F)C(C)(C)O)COC1. The molecule has 3 N–H and O–H groups in total. The van der Waals surface area contributed by atoms with Crippen molar-refractivity contribution in [1.29, 1.82) is 5.26 Å². The Hall–Kier alpha value is -3.55. The van der Waals surface area contributed by atoms with E-state index in [9.17, 15) is 14.3 Å². The summed E-state index contributed by atoms with van der Waals surface area (Å²) in [4.78, 5) is 21.7. The van der Waals surface area contributed by atoms with Gasteiger partial charge in [0.05, 0.1) is 42.2 Å². The van der Waals surface area contributed by atoms with Crippen molar-refractivity contribution in [3.05, 3.63) is 47.9 Å². The fourth-order valence-corrected chi connectivity index (χ4v) is 3.56. The molecule has 4 rings (SSSR count). The summed E-state index contributed by atoms with van der Waals surface area (Å²) >= 11 is 0. The molecule has 34 heavy (non-hydrogen) atoms. The highest BCUT2D eigenvalue weighted by atomic mass is 19.1. The van der Waals surface area contributed by atoms with E-state index in [0.717, 1.165) is 5.39 Å². The topological polar surface area (TPSA) is 125 Å². The van der Waals surface area contributed by atoms with Crippen molar-refractivity contribution in [2.24, 2.45) is 5.41 Å². The third-order valence-corrected chi connectivity index (χ3v) is 5.85. The number of aliphatic hydroxyl groups is 1. The van der Waals surface area contributed by atoms with Gasteiger partial charge in [-0.15, -0.1) is 0 Å². The number of amides is 1. The minimum absolute atomic E-state index is 0.0580. The molecule has 4 heterocycles. The average Bonchev–Trinajstić information content (AvgIpc) is 3.22. The van der Waals surface area contributed by atoms with Crippen molar-refractivity contribution in [1.82, 2.24) is 19.9 Å². The zero-order valence-corrected chi connectivity index (χ0v) is 19.3. The van der Waals surface area contributed by atoms with Crippen LogP contribution in [0.25, 0.3) is 16.9 Å². The van der Waals surface area contributed by atoms with Crippen LogP contribution < -0.4 is 10.6 Å². The molecule has 1 aliphatic rings. The molecule has 1 aliphatic heterocycles. The average molecular weight is 467 g/mol. The first-order valence-corrected chi connectivity index (χ1v) is 10.9. The minimum Gasteiger partial charge on any atom is -0.387 e. The molecule has 1 amide bonds. The number of ether oxygens (including phenoxy) is 1. The largest absolute Gasteiger partial charge is 0.387 e. The van der Waals surface area contributed by atoms with Crippen molar-refractivity contribution < 1.29 is 19.0 Å². The molecule has 0 aromatic carbocycles. The number of rotatable bonds is 8. The maximum absolute atomic E-state index is 14.2. The number of halogens is 1. The number of carbonyl (C=O) groups is 1. The van der Waals surface area contributed by atoms with Gasteiger partial charge in [-0.2, -0.15) is 5.26 Å². The number of hydrogen-bond donors (Lipinski definition) is 3. The molecular weight excluding hydrogens is 439 g/mol. The number of pyridine rings is 2. The lowest BCUT2D eigenvalue weighted by Gasteiger charge is -2.38. The highest BCUT2D eigenvalue weighted by molar-refractivity contribution is 5.99. The molecule has 0 radical (unpaired) electrons. The first kappa shape index (κ1) is 23.6. The second-order valence-corrected chi connectivity index (χ2v) is 9.51. The molecule has 1 unspecified atom stereocenters. The lowest BCUT2D eigenvalue weighted by Crippen LogP contribution is -2.45. The standard InChI is InChI=1S/C24H27FN6O3/c1-23(2,33)19(25)11-29-22(32)17-10-27-20(7-18(17)30-12-24(3)13-34-14-24)31-5-4-16-6-15(8-26)9-28-21(16)31/h4-7,9-10,19,33H,11-14H2,1-3H3,(H,27,30)(H,29,32). The Labute approximate surface area is 196 Å². The predicted molar refractivity (Wildman–Crippen MR) is 125 cm³/mol. The quantitative estimate of drug-likeness (QED) is 0.466. The molecule has 0 aliphatic carbocycles. The van der Waals surface area contributed by atoms with Gasteiger partial charge >= 0.3 is 0 Å². The number of hydrogen-bond acceptors (Lipinski definition) is 7. The second kappa shape index (κ2) is 9.00. The van der Waals surface area contributed by atoms with E-state index < -0.39 is 17.7 Å². The number of fused-ring (bicyclic) bond motifs is 1. The highest BCUT2D eigenvalue weighted by Gasteiger charge is 2.33. The maximum Gasteiger partial charge on any atom is 0.255 e. The number of anilines is 1. The lowest BCUT2D eigenvalue weighted by atomic mass is 9.88. The van der Waals surface area contributed by atoms with Crippen molar-refractivity contribution in [2.75, 3.05) is 31.6 Å². The van der Waals surface area contributed by atoms with Gasteiger partial charge in [0.25, 0.3) is 5.91 Å². The summed E-state index contributed by atoms with van der Waals surface area (Å²) in [6.07, 6.45) is 3.09. The summed E-state index contributed by atoms with van der Waals surface area (Å²) in [5, 5.41) is 25.6. The minimum atomic E-state index is -1.62. The van der Waals surface area contributed by atoms with Crippen LogP contribution in [-0.2, 0) is 4.74 Å². The first-order valence-electron chi connectivity index (χ1n) is 10.9. The van der Waals surface area contributed by atoms with Gasteiger partial charge in [0.2, 0.25) is 0 Å². The monoisotopic (exact) mass is 466 g/mol. The molecule has 1 fully saturated rings. The molecule has 0 spiro atoms. The van der Waals surface area contributed by atoms with E-state index in [-0.39, 0.29) is 17.5 Å². The van der Waals surface area contributed by atoms with E-state index in [2.05, 4.69) is 33.6 Å². The summed E-state index contributed by atoms with van der Waals surface area (Å²) in [5.41, 5.74) is 0.248. The van der Waals surface area contributed by atoms with E-state index in [0.29, 0.717) is 42.5 Å². The smallest absolute Gasteiger partial charge is 0.255 e. The maximum atomic E-state index is 14.2. The zero-order chi connectivity index (χ0) is 24.5. The van der Waals surface area contributed by atoms with Crippen molar-refractivity contribution in [3.63, 3.8) is 0 Å². The summed E-state index contributed by atoms with van der Waals surface area (Å²) < 4.78 is 21.2. The van der Waals surface area contributed by atoms with Gasteiger partial charge in [-0.1, -0.05) is 6.92 Å². The van der Waals surface area contributed by atoms with Crippen molar-refractivity contribution >= 4 is 22.6 Å². The Balaban J connectivity index is 1.64. The number of aromatic nitrogens is 3. The van der Waals surface area contributed by atoms with Crippen molar-refractivity contribution in [2.45, 2.75) is 32.5 Å². The fraction of sp³-hybridized carbons (Fsp3) is 0.417. The van der Waals surface area contributed by atoms with E-state index >= 15 is 0 Å². The Morgan fingerprint density at radius 3 is 2.79 bits per heavy atom. The highest BCUT2D eigenvalue weighted by Crippen LogP contribution is 2.29. The molecule has 3 aromatic rings. The normalized spacial score (nSPS) is 15.9. The second-order valence-electron chi connectivity index (χ2n) is 9.51. The fourth-order valence-electron chi connectivity index (χ4n) is 3.56. The van der Waals surface area contributed by atoms with E-state index in [1.807, 2.05) is 6.07 Å². The van der Waals surface area contributed by atoms with Crippen LogP contribution in [0.4, 0.5) is 10.1 Å². The zero-order valence-electron chi connectivity index (χ0n) is 19.3. The first-order chi connectivity index (χ1) is 16.1. The van der Waals surface area contributed by atoms with E-state index in [1.54, 1.807) is 22.9 Å². The van der Waals surface area contributed by atoms with Crippen LogP contribution in [0.2, 0.25) is 0 Å². The molecule has 178 valence electrons. The van der Waals surface area contributed by atoms with Gasteiger partial charge in [0.15, 0.2) is 0 Å². The van der Waals surface area contributed by atoms with Gasteiger partial charge in [-0.3, -0.25) is 9.36 Å². The predicted octanol–water partition coefficient (Wildman–Crippen LogP) is 2.58. The molecule has 0 saturated carbocycles. The number of nitriles is 1. The van der Waals surface area contributed by atoms with E-state index in [4.69, 9.17) is 10.00 Å². The van der Waals surface area contributed by atoms with Gasteiger partial charge in [0.1, 0.15) is 23.7 Å². The van der Waals surface area contributed by atoms with Crippen LogP contribution in [0.15, 0.2) is 36.8 Å². The Morgan fingerprint density at radius 2 is 2.15 bits per heavy atom. The number of nitrogens with zero attached hydrogens (tertiary/aromatic N) is 4. The van der Waals surface area contributed by atoms with Crippen LogP contribution in [-0.4, -0.2) is 63.6 Å². The third-order valence-electron chi connectivity index (χ3n) is 5.85. The van der Waals surface area contributed by atoms with E-state index in [1.165, 1.54) is 26.2 Å². The molecule has 1 saturated heterocycles. The summed E-state index contributed by atoms with van der Waals surface area (Å²) in [6.45, 7) is 6.25. The third kappa shape index (κ3) is 4.85. The summed E-state index contributed by atoms with van der Waals surface area (Å²) in [7, 11) is 0. The molecule has 9 nitrogen and oxygen atoms in total. The van der Waals surface area contributed by atoms with Crippen LogP contribution in [0.5, 0.6) is 0 Å². The number of carbonyl (C=O) groups excluding carboxylic acids is 1. The Kier molecular flexibility index (Phi) is 6.25. The Morgan fingerprint density at radius 1 is 1.38 bits per heavy atom. The van der Waals surface area contributed by atoms with Gasteiger partial charge in [-0.25, -0.2) is 14.4 Å².